The van der Waals surface area contributed by atoms with Gasteiger partial charge in [-0.2, -0.15) is 0 Å². The van der Waals surface area contributed by atoms with Gasteiger partial charge in [-0.15, -0.1) is 0 Å². The summed E-state index contributed by atoms with van der Waals surface area (Å²) in [6, 6.07) is 12.9. The number of carbonyl (C=O) groups excluding carboxylic acids is 1. The minimum atomic E-state index is -0.478. The van der Waals surface area contributed by atoms with Crippen molar-refractivity contribution in [2.24, 2.45) is 5.73 Å². The zero-order valence-corrected chi connectivity index (χ0v) is 8.96. The van der Waals surface area contributed by atoms with Crippen LogP contribution in [0.3, 0.4) is 0 Å². The molecule has 86 valence electrons. The third-order valence-corrected chi connectivity index (χ3v) is 2.19. The van der Waals surface area contributed by atoms with Crippen LogP contribution in [-0.4, -0.2) is 11.0 Å². The summed E-state index contributed by atoms with van der Waals surface area (Å²) in [5.41, 5.74) is 5.55. The van der Waals surface area contributed by atoms with Crippen molar-refractivity contribution in [3.05, 3.63) is 54.1 Å². The van der Waals surface area contributed by atoms with Crippen molar-refractivity contribution in [1.82, 2.24) is 0 Å². The van der Waals surface area contributed by atoms with Gasteiger partial charge in [-0.05, 0) is 36.4 Å². The van der Waals surface area contributed by atoms with Crippen molar-refractivity contribution in [1.29, 1.82) is 0 Å². The summed E-state index contributed by atoms with van der Waals surface area (Å²) in [5, 5.41) is 9.27. The molecule has 0 aliphatic carbocycles. The number of hydrogen-bond donors (Lipinski definition) is 2. The Kier molecular flexibility index (Phi) is 2.96. The number of rotatable bonds is 3. The largest absolute Gasteiger partial charge is 0.508 e. The molecule has 0 spiro atoms. The van der Waals surface area contributed by atoms with Crippen LogP contribution in [0.15, 0.2) is 48.5 Å². The zero-order chi connectivity index (χ0) is 12.3. The van der Waals surface area contributed by atoms with Crippen LogP contribution < -0.4 is 10.5 Å². The van der Waals surface area contributed by atoms with E-state index in [1.54, 1.807) is 42.5 Å². The van der Waals surface area contributed by atoms with Crippen LogP contribution in [-0.2, 0) is 0 Å². The number of ether oxygens (including phenoxy) is 1. The topological polar surface area (TPSA) is 72.6 Å². The average molecular weight is 229 g/mol. The second-order valence-corrected chi connectivity index (χ2v) is 3.49. The molecule has 0 saturated carbocycles. The lowest BCUT2D eigenvalue weighted by Gasteiger charge is -2.06. The van der Waals surface area contributed by atoms with Gasteiger partial charge in [0, 0.05) is 11.6 Å². The van der Waals surface area contributed by atoms with Crippen molar-refractivity contribution in [2.45, 2.75) is 0 Å². The number of benzene rings is 2. The summed E-state index contributed by atoms with van der Waals surface area (Å²) in [7, 11) is 0. The molecular weight excluding hydrogens is 218 g/mol. The third-order valence-electron chi connectivity index (χ3n) is 2.19. The summed E-state index contributed by atoms with van der Waals surface area (Å²) in [4.78, 5) is 10.9. The number of aromatic hydroxyl groups is 1. The lowest BCUT2D eigenvalue weighted by molar-refractivity contribution is 0.100. The van der Waals surface area contributed by atoms with E-state index in [4.69, 9.17) is 10.5 Å². The minimum Gasteiger partial charge on any atom is -0.508 e. The van der Waals surface area contributed by atoms with Gasteiger partial charge in [0.15, 0.2) is 0 Å². The van der Waals surface area contributed by atoms with E-state index in [1.807, 2.05) is 0 Å². The Balaban J connectivity index is 2.16. The quantitative estimate of drug-likeness (QED) is 0.848. The van der Waals surface area contributed by atoms with Gasteiger partial charge in [0.05, 0.1) is 0 Å². The molecular formula is C13H11NO3. The molecule has 0 atom stereocenters. The summed E-state index contributed by atoms with van der Waals surface area (Å²) in [6.07, 6.45) is 0. The number of primary amides is 1. The molecule has 2 aromatic carbocycles. The second kappa shape index (κ2) is 4.57. The first-order chi connectivity index (χ1) is 8.15. The zero-order valence-electron chi connectivity index (χ0n) is 8.96. The number of nitrogens with two attached hydrogens (primary N) is 1. The van der Waals surface area contributed by atoms with Gasteiger partial charge < -0.3 is 15.6 Å². The van der Waals surface area contributed by atoms with E-state index in [9.17, 15) is 9.90 Å². The number of phenolic OH excluding ortho intramolecular Hbond substituents is 1. The molecule has 2 rings (SSSR count). The molecule has 0 radical (unpaired) electrons. The Morgan fingerprint density at radius 1 is 1.06 bits per heavy atom. The standard InChI is InChI=1S/C13H11NO3/c14-13(16)9-4-6-11(7-5-9)17-12-3-1-2-10(15)8-12/h1-8,15H,(H2,14,16). The SMILES string of the molecule is NC(=O)c1ccc(Oc2cccc(O)c2)cc1. The van der Waals surface area contributed by atoms with Crippen LogP contribution in [0.25, 0.3) is 0 Å². The molecule has 4 heteroatoms. The first-order valence-electron chi connectivity index (χ1n) is 5.02. The second-order valence-electron chi connectivity index (χ2n) is 3.49. The monoisotopic (exact) mass is 229 g/mol. The molecule has 4 nitrogen and oxygen atoms in total. The molecule has 0 aromatic heterocycles. The molecule has 0 fully saturated rings. The van der Waals surface area contributed by atoms with Crippen LogP contribution in [0, 0.1) is 0 Å². The summed E-state index contributed by atoms with van der Waals surface area (Å²) >= 11 is 0. The van der Waals surface area contributed by atoms with Gasteiger partial charge in [-0.1, -0.05) is 6.07 Å². The minimum absolute atomic E-state index is 0.135. The fourth-order valence-corrected chi connectivity index (χ4v) is 1.37. The maximum atomic E-state index is 10.9. The lowest BCUT2D eigenvalue weighted by atomic mass is 10.2. The summed E-state index contributed by atoms with van der Waals surface area (Å²) < 4.78 is 5.48. The van der Waals surface area contributed by atoms with Gasteiger partial charge in [0.25, 0.3) is 0 Å². The van der Waals surface area contributed by atoms with Gasteiger partial charge in [-0.3, -0.25) is 4.79 Å². The fourth-order valence-electron chi connectivity index (χ4n) is 1.37. The lowest BCUT2D eigenvalue weighted by Crippen LogP contribution is -2.10. The normalized spacial score (nSPS) is 9.88. The Labute approximate surface area is 98.3 Å². The highest BCUT2D eigenvalue weighted by Crippen LogP contribution is 2.24. The van der Waals surface area contributed by atoms with Gasteiger partial charge in [0.2, 0.25) is 5.91 Å². The Morgan fingerprint density at radius 2 is 1.76 bits per heavy atom. The van der Waals surface area contributed by atoms with E-state index in [0.717, 1.165) is 0 Å². The van der Waals surface area contributed by atoms with E-state index in [2.05, 4.69) is 0 Å². The molecule has 0 bridgehead atoms. The molecule has 17 heavy (non-hydrogen) atoms. The van der Waals surface area contributed by atoms with Crippen LogP contribution in [0.5, 0.6) is 17.2 Å². The highest BCUT2D eigenvalue weighted by Gasteiger charge is 2.01. The summed E-state index contributed by atoms with van der Waals surface area (Å²) in [6.45, 7) is 0. The first-order valence-corrected chi connectivity index (χ1v) is 5.02. The number of phenols is 1. The smallest absolute Gasteiger partial charge is 0.248 e. The number of carbonyl (C=O) groups is 1. The average Bonchev–Trinajstić information content (AvgIpc) is 2.29. The number of amides is 1. The fraction of sp³-hybridized carbons (Fsp3) is 0. The Hall–Kier alpha value is -2.49. The van der Waals surface area contributed by atoms with E-state index in [1.165, 1.54) is 6.07 Å². The van der Waals surface area contributed by atoms with Crippen molar-refractivity contribution in [3.8, 4) is 17.2 Å². The molecule has 0 saturated heterocycles. The highest BCUT2D eigenvalue weighted by atomic mass is 16.5. The molecule has 3 N–H and O–H groups in total. The highest BCUT2D eigenvalue weighted by molar-refractivity contribution is 5.92. The Bertz CT molecular complexity index is 535. The van der Waals surface area contributed by atoms with E-state index in [0.29, 0.717) is 17.1 Å². The maximum Gasteiger partial charge on any atom is 0.248 e. The third kappa shape index (κ3) is 2.75. The first kappa shape index (κ1) is 11.0. The number of hydrogen-bond acceptors (Lipinski definition) is 3. The molecule has 0 aliphatic rings. The van der Waals surface area contributed by atoms with E-state index < -0.39 is 5.91 Å². The van der Waals surface area contributed by atoms with E-state index >= 15 is 0 Å². The van der Waals surface area contributed by atoms with Crippen LogP contribution >= 0.6 is 0 Å². The van der Waals surface area contributed by atoms with Crippen molar-refractivity contribution in [3.63, 3.8) is 0 Å². The van der Waals surface area contributed by atoms with E-state index in [-0.39, 0.29) is 5.75 Å². The van der Waals surface area contributed by atoms with Crippen LogP contribution in [0.2, 0.25) is 0 Å². The molecule has 0 heterocycles. The van der Waals surface area contributed by atoms with Gasteiger partial charge in [0.1, 0.15) is 17.2 Å². The van der Waals surface area contributed by atoms with Crippen LogP contribution in [0.1, 0.15) is 10.4 Å². The molecule has 0 unspecified atom stereocenters. The maximum absolute atomic E-state index is 10.9. The van der Waals surface area contributed by atoms with Crippen LogP contribution in [0.4, 0.5) is 0 Å². The van der Waals surface area contributed by atoms with Gasteiger partial charge in [-0.25, -0.2) is 0 Å². The molecule has 2 aromatic rings. The Morgan fingerprint density at radius 3 is 2.35 bits per heavy atom. The summed E-state index contributed by atoms with van der Waals surface area (Å²) in [5.74, 6) is 0.752. The molecule has 0 aliphatic heterocycles. The van der Waals surface area contributed by atoms with Crippen molar-refractivity contribution < 1.29 is 14.6 Å². The van der Waals surface area contributed by atoms with Gasteiger partial charge >= 0.3 is 0 Å². The van der Waals surface area contributed by atoms with Crippen molar-refractivity contribution in [2.75, 3.05) is 0 Å². The van der Waals surface area contributed by atoms with Crippen molar-refractivity contribution >= 4 is 5.91 Å². The molecule has 1 amide bonds. The predicted molar refractivity (Wildman–Crippen MR) is 63.1 cm³/mol. The predicted octanol–water partition coefficient (Wildman–Crippen LogP) is 2.28.